The molecule has 47 heavy (non-hydrogen) atoms. The molecule has 2 aromatic carbocycles. The standard InChI is InChI=1S/C32H46BrN5O6.C2H6O/c1-30(2,3)24(26(39)34-7)35-28(41)32(43,18-21-12-10-9-11-13-21)20-38(19-22-14-16-23(33)17-15-22)37-27(40)25(31(4,5)6)36-29(42)44-8;1-2-3/h9-17,24-25,43H,18-20H2,1-8H3,(H,34,39)(H,35,41)(H,36,42)(H,37,40);3H,2H2,1H3/t24-,25-,32+;/m1./s1. The first-order chi connectivity index (χ1) is 21.8. The second-order valence-corrected chi connectivity index (χ2v) is 14.2. The van der Waals surface area contributed by atoms with Crippen LogP contribution in [0.1, 0.15) is 59.6 Å². The minimum Gasteiger partial charge on any atom is -0.453 e. The molecule has 0 saturated carbocycles. The van der Waals surface area contributed by atoms with E-state index in [0.717, 1.165) is 10.0 Å². The number of aliphatic hydroxyl groups is 2. The molecule has 13 heteroatoms. The van der Waals surface area contributed by atoms with Gasteiger partial charge in [0, 0.05) is 31.1 Å². The van der Waals surface area contributed by atoms with Gasteiger partial charge in [0.1, 0.15) is 12.1 Å². The van der Waals surface area contributed by atoms with Crippen LogP contribution in [0.2, 0.25) is 0 Å². The van der Waals surface area contributed by atoms with Gasteiger partial charge in [0.05, 0.1) is 13.7 Å². The molecule has 0 aliphatic rings. The monoisotopic (exact) mass is 721 g/mol. The molecule has 0 unspecified atom stereocenters. The highest BCUT2D eigenvalue weighted by Gasteiger charge is 2.43. The highest BCUT2D eigenvalue weighted by atomic mass is 79.9. The van der Waals surface area contributed by atoms with E-state index >= 15 is 0 Å². The Labute approximate surface area is 287 Å². The summed E-state index contributed by atoms with van der Waals surface area (Å²) in [6.45, 7) is 12.5. The SMILES string of the molecule is CCO.CNC(=O)[C@@H](NC(=O)[C@](O)(Cc1ccccc1)CN(Cc1ccc(Br)cc1)NC(=O)[C@@H](NC(=O)OC)C(C)(C)C)C(C)(C)C. The summed E-state index contributed by atoms with van der Waals surface area (Å²) in [6, 6.07) is 14.4. The number of amides is 4. The van der Waals surface area contributed by atoms with Crippen molar-refractivity contribution in [1.82, 2.24) is 26.4 Å². The van der Waals surface area contributed by atoms with Crippen molar-refractivity contribution >= 4 is 39.7 Å². The van der Waals surface area contributed by atoms with Crippen LogP contribution in [0, 0.1) is 10.8 Å². The minimum atomic E-state index is -2.10. The summed E-state index contributed by atoms with van der Waals surface area (Å²) in [5, 5.41) is 29.1. The van der Waals surface area contributed by atoms with Gasteiger partial charge >= 0.3 is 6.09 Å². The van der Waals surface area contributed by atoms with Crippen LogP contribution >= 0.6 is 15.9 Å². The molecule has 0 saturated heterocycles. The summed E-state index contributed by atoms with van der Waals surface area (Å²) in [5.74, 6) is -1.75. The smallest absolute Gasteiger partial charge is 0.407 e. The Hall–Kier alpha value is -3.52. The molecule has 0 aliphatic heterocycles. The summed E-state index contributed by atoms with van der Waals surface area (Å²) in [5.41, 5.74) is 0.786. The molecule has 0 radical (unpaired) electrons. The predicted octanol–water partition coefficient (Wildman–Crippen LogP) is 3.30. The summed E-state index contributed by atoms with van der Waals surface area (Å²) in [4.78, 5) is 52.5. The number of methoxy groups -OCH3 is 1. The van der Waals surface area contributed by atoms with E-state index in [1.165, 1.54) is 19.2 Å². The Morgan fingerprint density at radius 2 is 1.36 bits per heavy atom. The molecule has 0 fully saturated rings. The van der Waals surface area contributed by atoms with Crippen LogP contribution in [0.25, 0.3) is 0 Å². The van der Waals surface area contributed by atoms with Crippen molar-refractivity contribution in [3.63, 3.8) is 0 Å². The van der Waals surface area contributed by atoms with E-state index in [1.54, 1.807) is 52.0 Å². The third kappa shape index (κ3) is 14.0. The van der Waals surface area contributed by atoms with E-state index < -0.39 is 52.3 Å². The van der Waals surface area contributed by atoms with Gasteiger partial charge in [0.2, 0.25) is 5.91 Å². The normalized spacial score (nSPS) is 14.0. The topological polar surface area (TPSA) is 169 Å². The van der Waals surface area contributed by atoms with Crippen LogP contribution in [0.5, 0.6) is 0 Å². The summed E-state index contributed by atoms with van der Waals surface area (Å²) in [6.07, 6.45) is -0.887. The Bertz CT molecular complexity index is 1300. The van der Waals surface area contributed by atoms with Crippen molar-refractivity contribution in [2.24, 2.45) is 10.8 Å². The van der Waals surface area contributed by atoms with Gasteiger partial charge in [0.25, 0.3) is 11.8 Å². The number of nitrogens with zero attached hydrogens (tertiary/aromatic N) is 1. The van der Waals surface area contributed by atoms with Crippen molar-refractivity contribution < 1.29 is 34.1 Å². The van der Waals surface area contributed by atoms with Crippen LogP contribution in [0.3, 0.4) is 0 Å². The van der Waals surface area contributed by atoms with Gasteiger partial charge < -0.3 is 30.9 Å². The number of benzene rings is 2. The zero-order valence-corrected chi connectivity index (χ0v) is 30.5. The molecule has 0 aliphatic carbocycles. The molecular weight excluding hydrogens is 670 g/mol. The quantitative estimate of drug-likeness (QED) is 0.182. The number of ether oxygens (including phenoxy) is 1. The predicted molar refractivity (Wildman–Crippen MR) is 185 cm³/mol. The third-order valence-electron chi connectivity index (χ3n) is 7.00. The Balaban J connectivity index is 0.00000354. The maximum absolute atomic E-state index is 14.0. The molecule has 262 valence electrons. The third-order valence-corrected chi connectivity index (χ3v) is 7.52. The molecular formula is C34H52BrN5O7. The lowest BCUT2D eigenvalue weighted by molar-refractivity contribution is -0.149. The number of aliphatic hydroxyl groups excluding tert-OH is 1. The average molecular weight is 723 g/mol. The van der Waals surface area contributed by atoms with Crippen molar-refractivity contribution in [3.8, 4) is 0 Å². The lowest BCUT2D eigenvalue weighted by atomic mass is 9.84. The fraction of sp³-hybridized carbons (Fsp3) is 0.529. The first-order valence-corrected chi connectivity index (χ1v) is 16.1. The van der Waals surface area contributed by atoms with Crippen LogP contribution in [-0.4, -0.2) is 84.0 Å². The van der Waals surface area contributed by atoms with Crippen molar-refractivity contribution in [1.29, 1.82) is 0 Å². The number of alkyl carbamates (subject to hydrolysis) is 1. The number of nitrogens with one attached hydrogen (secondary N) is 4. The van der Waals surface area contributed by atoms with Gasteiger partial charge in [0.15, 0.2) is 5.60 Å². The Morgan fingerprint density at radius 3 is 1.83 bits per heavy atom. The largest absolute Gasteiger partial charge is 0.453 e. The summed E-state index contributed by atoms with van der Waals surface area (Å²) in [7, 11) is 2.69. The lowest BCUT2D eigenvalue weighted by Crippen LogP contribution is -2.64. The van der Waals surface area contributed by atoms with Gasteiger partial charge in [-0.05, 0) is 41.0 Å². The number of likely N-dealkylation sites (N-methyl/N-ethyl adjacent to an activating group) is 1. The van der Waals surface area contributed by atoms with Gasteiger partial charge in [-0.25, -0.2) is 9.80 Å². The first-order valence-electron chi connectivity index (χ1n) is 15.3. The highest BCUT2D eigenvalue weighted by Crippen LogP contribution is 2.24. The van der Waals surface area contributed by atoms with Gasteiger partial charge in [-0.2, -0.15) is 0 Å². The second kappa shape index (κ2) is 18.7. The number of rotatable bonds is 12. The number of hydrogen-bond acceptors (Lipinski definition) is 8. The molecule has 12 nitrogen and oxygen atoms in total. The second-order valence-electron chi connectivity index (χ2n) is 13.3. The van der Waals surface area contributed by atoms with Crippen molar-refractivity contribution in [3.05, 3.63) is 70.2 Å². The summed E-state index contributed by atoms with van der Waals surface area (Å²) >= 11 is 3.42. The van der Waals surface area contributed by atoms with E-state index in [9.17, 15) is 24.3 Å². The molecule has 2 rings (SSSR count). The molecule has 0 heterocycles. The fourth-order valence-corrected chi connectivity index (χ4v) is 4.82. The van der Waals surface area contributed by atoms with Gasteiger partial charge in [-0.15, -0.1) is 0 Å². The number of halogens is 1. The Morgan fingerprint density at radius 1 is 0.851 bits per heavy atom. The van der Waals surface area contributed by atoms with Crippen LogP contribution in [0.4, 0.5) is 4.79 Å². The van der Waals surface area contributed by atoms with Gasteiger partial charge in [-0.1, -0.05) is 99.9 Å². The van der Waals surface area contributed by atoms with E-state index in [4.69, 9.17) is 9.84 Å². The van der Waals surface area contributed by atoms with E-state index in [0.29, 0.717) is 5.56 Å². The number of carbonyl (C=O) groups excluding carboxylic acids is 4. The molecule has 4 amide bonds. The maximum Gasteiger partial charge on any atom is 0.407 e. The number of carbonyl (C=O) groups is 4. The zero-order valence-electron chi connectivity index (χ0n) is 28.9. The van der Waals surface area contributed by atoms with E-state index in [2.05, 4.69) is 37.3 Å². The van der Waals surface area contributed by atoms with Crippen LogP contribution < -0.4 is 21.4 Å². The molecule has 2 aromatic rings. The maximum atomic E-state index is 14.0. The van der Waals surface area contributed by atoms with E-state index in [-0.39, 0.29) is 26.1 Å². The number of hydrogen-bond donors (Lipinski definition) is 6. The van der Waals surface area contributed by atoms with Gasteiger partial charge in [-0.3, -0.25) is 19.8 Å². The molecule has 0 aromatic heterocycles. The summed E-state index contributed by atoms with van der Waals surface area (Å²) < 4.78 is 5.59. The van der Waals surface area contributed by atoms with Crippen LogP contribution in [0.15, 0.2) is 59.1 Å². The fourth-order valence-electron chi connectivity index (χ4n) is 4.56. The Kier molecular flexibility index (Phi) is 16.5. The first kappa shape index (κ1) is 41.5. The molecule has 0 spiro atoms. The van der Waals surface area contributed by atoms with E-state index in [1.807, 2.05) is 51.1 Å². The zero-order chi connectivity index (χ0) is 36.0. The number of hydrazine groups is 1. The van der Waals surface area contributed by atoms with Crippen molar-refractivity contribution in [2.45, 2.75) is 79.1 Å². The molecule has 3 atom stereocenters. The molecule has 0 bridgehead atoms. The minimum absolute atomic E-state index is 0.108. The average Bonchev–Trinajstić information content (AvgIpc) is 2.98. The molecule has 6 N–H and O–H groups in total. The highest BCUT2D eigenvalue weighted by molar-refractivity contribution is 9.10. The lowest BCUT2D eigenvalue weighted by Gasteiger charge is -2.38. The van der Waals surface area contributed by atoms with Crippen LogP contribution in [-0.2, 0) is 32.1 Å². The van der Waals surface area contributed by atoms with Crippen molar-refractivity contribution in [2.75, 3.05) is 27.3 Å².